The first-order valence-electron chi connectivity index (χ1n) is 9.27. The van der Waals surface area contributed by atoms with Gasteiger partial charge in [-0.3, -0.25) is 4.79 Å². The monoisotopic (exact) mass is 444 g/mol. The average molecular weight is 445 g/mol. The van der Waals surface area contributed by atoms with Gasteiger partial charge in [0.05, 0.1) is 32.3 Å². The highest BCUT2D eigenvalue weighted by Crippen LogP contribution is 2.31. The molecule has 30 heavy (non-hydrogen) atoms. The summed E-state index contributed by atoms with van der Waals surface area (Å²) in [4.78, 5) is 17.2. The van der Waals surface area contributed by atoms with Crippen LogP contribution in [-0.2, 0) is 10.5 Å². The molecule has 1 heterocycles. The lowest BCUT2D eigenvalue weighted by atomic mass is 10.2. The highest BCUT2D eigenvalue weighted by Gasteiger charge is 2.16. The van der Waals surface area contributed by atoms with Crippen LogP contribution in [0.1, 0.15) is 12.6 Å². The predicted octanol–water partition coefficient (Wildman–Crippen LogP) is 5.10. The molecule has 0 saturated carbocycles. The van der Waals surface area contributed by atoms with Crippen molar-refractivity contribution >= 4 is 34.7 Å². The molecule has 0 saturated heterocycles. The van der Waals surface area contributed by atoms with Gasteiger partial charge in [0.2, 0.25) is 5.91 Å². The van der Waals surface area contributed by atoms with E-state index >= 15 is 0 Å². The number of methoxy groups -OCH3 is 3. The Morgan fingerprint density at radius 2 is 1.80 bits per heavy atom. The lowest BCUT2D eigenvalue weighted by molar-refractivity contribution is -0.115. The van der Waals surface area contributed by atoms with Crippen LogP contribution in [0.4, 0.5) is 5.69 Å². The number of aromatic nitrogens is 1. The molecule has 1 unspecified atom stereocenters. The zero-order valence-corrected chi connectivity index (χ0v) is 18.9. The van der Waals surface area contributed by atoms with Crippen LogP contribution in [0.2, 0.25) is 0 Å². The fourth-order valence-electron chi connectivity index (χ4n) is 2.68. The van der Waals surface area contributed by atoms with Gasteiger partial charge >= 0.3 is 0 Å². The van der Waals surface area contributed by atoms with Gasteiger partial charge in [0, 0.05) is 28.5 Å². The minimum atomic E-state index is -0.232. The molecule has 0 radical (unpaired) electrons. The van der Waals surface area contributed by atoms with Gasteiger partial charge in [0.1, 0.15) is 10.8 Å². The molecular weight excluding hydrogens is 420 g/mol. The Morgan fingerprint density at radius 3 is 2.47 bits per heavy atom. The van der Waals surface area contributed by atoms with Crippen LogP contribution in [0, 0.1) is 0 Å². The van der Waals surface area contributed by atoms with Crippen molar-refractivity contribution < 1.29 is 19.0 Å². The van der Waals surface area contributed by atoms with Gasteiger partial charge in [-0.1, -0.05) is 0 Å². The lowest BCUT2D eigenvalue weighted by Crippen LogP contribution is -2.22. The molecule has 3 aromatic rings. The maximum absolute atomic E-state index is 12.5. The number of hydrogen-bond donors (Lipinski definition) is 1. The van der Waals surface area contributed by atoms with E-state index in [1.54, 1.807) is 62.6 Å². The van der Waals surface area contributed by atoms with E-state index in [0.29, 0.717) is 22.9 Å². The molecule has 158 valence electrons. The molecule has 8 heteroatoms. The van der Waals surface area contributed by atoms with Crippen molar-refractivity contribution in [2.75, 3.05) is 26.6 Å². The first-order chi connectivity index (χ1) is 14.5. The van der Waals surface area contributed by atoms with E-state index in [2.05, 4.69) is 10.3 Å². The summed E-state index contributed by atoms with van der Waals surface area (Å²) in [6, 6.07) is 13.1. The molecular formula is C22H24N2O4S2. The van der Waals surface area contributed by atoms with Gasteiger partial charge in [-0.2, -0.15) is 0 Å². The summed E-state index contributed by atoms with van der Waals surface area (Å²) in [6.45, 7) is 1.89. The molecule has 1 N–H and O–H groups in total. The van der Waals surface area contributed by atoms with Crippen LogP contribution in [0.15, 0.2) is 47.8 Å². The molecule has 1 amide bonds. The highest BCUT2D eigenvalue weighted by atomic mass is 32.2. The summed E-state index contributed by atoms with van der Waals surface area (Å²) < 4.78 is 15.7. The topological polar surface area (TPSA) is 69.7 Å². The number of hydrogen-bond acceptors (Lipinski definition) is 7. The van der Waals surface area contributed by atoms with Crippen LogP contribution in [0.5, 0.6) is 17.2 Å². The number of nitrogens with zero attached hydrogens (tertiary/aromatic N) is 1. The molecule has 0 spiro atoms. The quantitative estimate of drug-likeness (QED) is 0.495. The number of anilines is 1. The Hall–Kier alpha value is -2.71. The normalized spacial score (nSPS) is 11.6. The van der Waals surface area contributed by atoms with E-state index in [1.807, 2.05) is 36.6 Å². The predicted molar refractivity (Wildman–Crippen MR) is 123 cm³/mol. The maximum atomic E-state index is 12.5. The van der Waals surface area contributed by atoms with Crippen molar-refractivity contribution in [3.05, 3.63) is 53.5 Å². The van der Waals surface area contributed by atoms with Crippen molar-refractivity contribution in [3.8, 4) is 27.8 Å². The Balaban J connectivity index is 1.55. The number of benzene rings is 2. The van der Waals surface area contributed by atoms with Gasteiger partial charge in [0.15, 0.2) is 11.5 Å². The van der Waals surface area contributed by atoms with Crippen LogP contribution in [0.25, 0.3) is 10.6 Å². The summed E-state index contributed by atoms with van der Waals surface area (Å²) in [7, 11) is 4.79. The Morgan fingerprint density at radius 1 is 1.07 bits per heavy atom. The fraction of sp³-hybridized carbons (Fsp3) is 0.273. The first kappa shape index (κ1) is 22.0. The molecule has 0 fully saturated rings. The SMILES string of the molecule is COc1ccc(-c2nc(CSC(C)C(=O)Nc3ccc(OC)c(OC)c3)cs2)cc1. The molecule has 6 nitrogen and oxygen atoms in total. The van der Waals surface area contributed by atoms with E-state index in [1.165, 1.54) is 0 Å². The van der Waals surface area contributed by atoms with Crippen LogP contribution in [-0.4, -0.2) is 37.5 Å². The summed E-state index contributed by atoms with van der Waals surface area (Å²) in [5.74, 6) is 2.60. The molecule has 0 bridgehead atoms. The smallest absolute Gasteiger partial charge is 0.237 e. The average Bonchev–Trinajstić information content (AvgIpc) is 3.26. The zero-order valence-electron chi connectivity index (χ0n) is 17.3. The molecule has 1 atom stereocenters. The van der Waals surface area contributed by atoms with Gasteiger partial charge in [-0.15, -0.1) is 23.1 Å². The Labute approximate surface area is 184 Å². The molecule has 0 aliphatic rings. The number of nitrogens with one attached hydrogen (secondary N) is 1. The summed E-state index contributed by atoms with van der Waals surface area (Å²) >= 11 is 3.14. The van der Waals surface area contributed by atoms with E-state index in [4.69, 9.17) is 14.2 Å². The number of rotatable bonds is 9. The van der Waals surface area contributed by atoms with Crippen LogP contribution >= 0.6 is 23.1 Å². The third-order valence-electron chi connectivity index (χ3n) is 4.39. The second-order valence-corrected chi connectivity index (χ2v) is 8.57. The fourth-order valence-corrected chi connectivity index (χ4v) is 4.39. The van der Waals surface area contributed by atoms with E-state index in [9.17, 15) is 4.79 Å². The number of carbonyl (C=O) groups excluding carboxylic acids is 1. The molecule has 0 aliphatic heterocycles. The number of thiazole rings is 1. The van der Waals surface area contributed by atoms with Gasteiger partial charge in [-0.05, 0) is 43.3 Å². The van der Waals surface area contributed by atoms with Gasteiger partial charge < -0.3 is 19.5 Å². The van der Waals surface area contributed by atoms with E-state index in [-0.39, 0.29) is 11.2 Å². The molecule has 0 aliphatic carbocycles. The lowest BCUT2D eigenvalue weighted by Gasteiger charge is -2.13. The number of thioether (sulfide) groups is 1. The van der Waals surface area contributed by atoms with Crippen LogP contribution in [0.3, 0.4) is 0 Å². The van der Waals surface area contributed by atoms with Gasteiger partial charge in [0.25, 0.3) is 0 Å². The summed E-state index contributed by atoms with van der Waals surface area (Å²) in [5, 5.41) is 5.68. The molecule has 1 aromatic heterocycles. The summed E-state index contributed by atoms with van der Waals surface area (Å²) in [5.41, 5.74) is 2.68. The van der Waals surface area contributed by atoms with Crippen LogP contribution < -0.4 is 19.5 Å². The Bertz CT molecular complexity index is 989. The van der Waals surface area contributed by atoms with Gasteiger partial charge in [-0.25, -0.2) is 4.98 Å². The van der Waals surface area contributed by atoms with Crippen molar-refractivity contribution in [2.45, 2.75) is 17.9 Å². The third-order valence-corrected chi connectivity index (χ3v) is 6.51. The number of ether oxygens (including phenoxy) is 3. The zero-order chi connectivity index (χ0) is 21.5. The minimum Gasteiger partial charge on any atom is -0.497 e. The Kier molecular flexibility index (Phi) is 7.59. The number of carbonyl (C=O) groups is 1. The van der Waals surface area contributed by atoms with Crippen molar-refractivity contribution in [1.82, 2.24) is 4.98 Å². The second-order valence-electron chi connectivity index (χ2n) is 6.38. The highest BCUT2D eigenvalue weighted by molar-refractivity contribution is 7.99. The molecule has 2 aromatic carbocycles. The second kappa shape index (κ2) is 10.4. The minimum absolute atomic E-state index is 0.0715. The molecule has 3 rings (SSSR count). The van der Waals surface area contributed by atoms with Crippen molar-refractivity contribution in [3.63, 3.8) is 0 Å². The van der Waals surface area contributed by atoms with Crippen molar-refractivity contribution in [2.24, 2.45) is 0 Å². The largest absolute Gasteiger partial charge is 0.497 e. The summed E-state index contributed by atoms with van der Waals surface area (Å²) in [6.07, 6.45) is 0. The number of amides is 1. The van der Waals surface area contributed by atoms with Crippen molar-refractivity contribution in [1.29, 1.82) is 0 Å². The van der Waals surface area contributed by atoms with E-state index < -0.39 is 0 Å². The maximum Gasteiger partial charge on any atom is 0.237 e. The van der Waals surface area contributed by atoms with E-state index in [0.717, 1.165) is 22.0 Å². The third kappa shape index (κ3) is 5.46. The first-order valence-corrected chi connectivity index (χ1v) is 11.2. The standard InChI is InChI=1S/C22H24N2O4S2/c1-14(21(25)23-16-7-10-19(27-3)20(11-16)28-4)29-12-17-13-30-22(24-17)15-5-8-18(26-2)9-6-15/h5-11,13-14H,12H2,1-4H3,(H,23,25).